The molecule has 2 aliphatic heterocycles. The average molecular weight is 947 g/mol. The predicted molar refractivity (Wildman–Crippen MR) is 251 cm³/mol. The van der Waals surface area contributed by atoms with Crippen LogP contribution in [-0.4, -0.2) is 72.7 Å². The molecule has 15 heteroatoms. The molecule has 4 aromatic rings. The molecule has 2 heterocycles. The number of likely N-dealkylation sites (tertiary alicyclic amines) is 2. The SMILES string of the molecule is CC(C)c1ccccc1-c1c(C=CC(=O)NCCCN2CCCC2=O)ccc(Sc2ccc(C=CC(=O)NCCCN3CCCC3=O)c(-c3ccccc3C(C)C)c2C(F)(F)F)c1C(F)(F)F. The van der Waals surface area contributed by atoms with Gasteiger partial charge in [0.05, 0.1) is 11.1 Å². The van der Waals surface area contributed by atoms with E-state index in [1.165, 1.54) is 24.3 Å². The van der Waals surface area contributed by atoms with Crippen molar-refractivity contribution >= 4 is 47.5 Å². The number of hydrogen-bond acceptors (Lipinski definition) is 5. The molecule has 0 unspecified atom stereocenters. The van der Waals surface area contributed by atoms with E-state index in [2.05, 4.69) is 10.6 Å². The van der Waals surface area contributed by atoms with E-state index in [0.717, 1.165) is 37.1 Å². The highest BCUT2D eigenvalue weighted by atomic mass is 32.2. The number of rotatable bonds is 18. The molecule has 6 rings (SSSR count). The van der Waals surface area contributed by atoms with Gasteiger partial charge in [0.1, 0.15) is 0 Å². The lowest BCUT2D eigenvalue weighted by molar-refractivity contribution is -0.139. The lowest BCUT2D eigenvalue weighted by Crippen LogP contribution is -2.29. The number of carbonyl (C=O) groups is 4. The maximum atomic E-state index is 15.8. The first-order chi connectivity index (χ1) is 31.8. The molecule has 0 spiro atoms. The van der Waals surface area contributed by atoms with Gasteiger partial charge in [-0.2, -0.15) is 26.3 Å². The largest absolute Gasteiger partial charge is 0.418 e. The fourth-order valence-corrected chi connectivity index (χ4v) is 9.81. The lowest BCUT2D eigenvalue weighted by Gasteiger charge is -2.25. The smallest absolute Gasteiger partial charge is 0.352 e. The van der Waals surface area contributed by atoms with Crippen LogP contribution in [-0.2, 0) is 31.5 Å². The average Bonchev–Trinajstić information content (AvgIpc) is 3.90. The zero-order chi connectivity index (χ0) is 48.5. The number of hydrogen-bond donors (Lipinski definition) is 2. The second-order valence-corrected chi connectivity index (χ2v) is 18.4. The Hall–Kier alpha value is -5.83. The van der Waals surface area contributed by atoms with Crippen molar-refractivity contribution in [2.45, 2.75) is 100 Å². The van der Waals surface area contributed by atoms with E-state index in [0.29, 0.717) is 74.8 Å². The van der Waals surface area contributed by atoms with Crippen LogP contribution in [0, 0.1) is 0 Å². The van der Waals surface area contributed by atoms with Gasteiger partial charge in [-0.05, 0) is 95.2 Å². The van der Waals surface area contributed by atoms with E-state index in [9.17, 15) is 19.2 Å². The minimum atomic E-state index is -5.08. The van der Waals surface area contributed by atoms with Gasteiger partial charge in [-0.1, -0.05) is 100 Å². The molecule has 0 aromatic heterocycles. The number of nitrogens with one attached hydrogen (secondary N) is 2. The quantitative estimate of drug-likeness (QED) is 0.0588. The third kappa shape index (κ3) is 12.8. The first-order valence-corrected chi connectivity index (χ1v) is 23.5. The Bertz CT molecular complexity index is 2340. The highest BCUT2D eigenvalue weighted by Crippen LogP contribution is 2.52. The molecule has 0 bridgehead atoms. The number of alkyl halides is 6. The Kier molecular flexibility index (Phi) is 16.8. The molecule has 0 saturated carbocycles. The van der Waals surface area contributed by atoms with E-state index >= 15 is 26.3 Å². The van der Waals surface area contributed by atoms with Crippen LogP contribution in [0.5, 0.6) is 0 Å². The van der Waals surface area contributed by atoms with Gasteiger partial charge in [0, 0.05) is 85.2 Å². The molecule has 0 atom stereocenters. The summed E-state index contributed by atoms with van der Waals surface area (Å²) in [4.78, 5) is 52.4. The molecular weight excluding hydrogens is 891 g/mol. The number of amides is 4. The maximum Gasteiger partial charge on any atom is 0.418 e. The normalized spacial score (nSPS) is 14.7. The summed E-state index contributed by atoms with van der Waals surface area (Å²) in [6, 6.07) is 18.1. The van der Waals surface area contributed by atoms with Gasteiger partial charge in [-0.25, -0.2) is 0 Å². The summed E-state index contributed by atoms with van der Waals surface area (Å²) in [6.07, 6.45) is -1.81. The number of benzene rings is 4. The minimum absolute atomic E-state index is 0.0356. The van der Waals surface area contributed by atoms with Gasteiger partial charge in [-0.3, -0.25) is 19.2 Å². The summed E-state index contributed by atoms with van der Waals surface area (Å²) in [5.74, 6) is -1.51. The van der Waals surface area contributed by atoms with Crippen molar-refractivity contribution in [2.75, 3.05) is 39.3 Å². The van der Waals surface area contributed by atoms with Crippen LogP contribution in [0.4, 0.5) is 26.3 Å². The van der Waals surface area contributed by atoms with Gasteiger partial charge in [0.2, 0.25) is 23.6 Å². The van der Waals surface area contributed by atoms with Crippen molar-refractivity contribution in [3.63, 3.8) is 0 Å². The predicted octanol–water partition coefficient (Wildman–Crippen LogP) is 11.7. The van der Waals surface area contributed by atoms with Gasteiger partial charge in [-0.15, -0.1) is 0 Å². The Morgan fingerprint density at radius 2 is 1.00 bits per heavy atom. The highest BCUT2D eigenvalue weighted by molar-refractivity contribution is 7.99. The van der Waals surface area contributed by atoms with Crippen LogP contribution in [0.3, 0.4) is 0 Å². The Labute approximate surface area is 392 Å². The number of halogens is 6. The standard InChI is InChI=1S/C52H56F6N4O4S/c1-33(2)37-13-5-7-15-39(37)47-35(21-25-43(63)59-27-11-31-61-29-9-17-45(61)65)19-23-41(49(47)51(53,54)55)67-42-24-20-36(22-26-44(64)60-28-12-32-62-30-10-18-46(62)66)48(50(42)52(56,57)58)40-16-8-6-14-38(40)34(3)4/h5-8,13-16,19-26,33-34H,9-12,17-18,27-32H2,1-4H3,(H,59,63)(H,60,64). The molecule has 67 heavy (non-hydrogen) atoms. The van der Waals surface area contributed by atoms with E-state index in [1.807, 2.05) is 27.7 Å². The van der Waals surface area contributed by atoms with E-state index in [-0.39, 0.29) is 70.1 Å². The number of nitrogens with zero attached hydrogens (tertiary/aromatic N) is 2. The first kappa shape index (κ1) is 50.6. The molecule has 2 N–H and O–H groups in total. The van der Waals surface area contributed by atoms with Crippen molar-refractivity contribution in [2.24, 2.45) is 0 Å². The Morgan fingerprint density at radius 1 is 0.612 bits per heavy atom. The van der Waals surface area contributed by atoms with Crippen molar-refractivity contribution < 1.29 is 45.5 Å². The molecule has 356 valence electrons. The molecule has 2 fully saturated rings. The van der Waals surface area contributed by atoms with Crippen LogP contribution in [0.15, 0.2) is 94.7 Å². The highest BCUT2D eigenvalue weighted by Gasteiger charge is 2.42. The molecule has 2 saturated heterocycles. The molecule has 4 aromatic carbocycles. The van der Waals surface area contributed by atoms with Crippen molar-refractivity contribution in [1.29, 1.82) is 0 Å². The van der Waals surface area contributed by atoms with Crippen LogP contribution in [0.1, 0.15) is 111 Å². The van der Waals surface area contributed by atoms with Crippen LogP contribution >= 0.6 is 11.8 Å². The van der Waals surface area contributed by atoms with Crippen molar-refractivity contribution in [3.8, 4) is 22.3 Å². The third-order valence-electron chi connectivity index (χ3n) is 11.9. The molecule has 4 amide bonds. The summed E-state index contributed by atoms with van der Waals surface area (Å²) < 4.78 is 94.8. The fraction of sp³-hybridized carbons (Fsp3) is 0.385. The molecule has 0 radical (unpaired) electrons. The second-order valence-electron chi connectivity index (χ2n) is 17.3. The minimum Gasteiger partial charge on any atom is -0.352 e. The molecule has 8 nitrogen and oxygen atoms in total. The van der Waals surface area contributed by atoms with E-state index < -0.39 is 45.1 Å². The van der Waals surface area contributed by atoms with Crippen molar-refractivity contribution in [3.05, 3.63) is 118 Å². The summed E-state index contributed by atoms with van der Waals surface area (Å²) in [7, 11) is 0. The van der Waals surface area contributed by atoms with Crippen LogP contribution in [0.25, 0.3) is 34.4 Å². The van der Waals surface area contributed by atoms with Crippen LogP contribution < -0.4 is 10.6 Å². The summed E-state index contributed by atoms with van der Waals surface area (Å²) in [5, 5.41) is 5.45. The van der Waals surface area contributed by atoms with Gasteiger partial charge >= 0.3 is 12.4 Å². The lowest BCUT2D eigenvalue weighted by atomic mass is 9.87. The van der Waals surface area contributed by atoms with E-state index in [1.54, 1.807) is 58.3 Å². The van der Waals surface area contributed by atoms with Gasteiger partial charge in [0.15, 0.2) is 0 Å². The zero-order valence-corrected chi connectivity index (χ0v) is 38.9. The second kappa shape index (κ2) is 22.3. The van der Waals surface area contributed by atoms with Gasteiger partial charge in [0.25, 0.3) is 0 Å². The van der Waals surface area contributed by atoms with Gasteiger partial charge < -0.3 is 20.4 Å². The summed E-state index contributed by atoms with van der Waals surface area (Å²) in [6.45, 7) is 10.0. The topological polar surface area (TPSA) is 98.8 Å². The van der Waals surface area contributed by atoms with E-state index in [4.69, 9.17) is 0 Å². The van der Waals surface area contributed by atoms with Crippen molar-refractivity contribution in [1.82, 2.24) is 20.4 Å². The summed E-state index contributed by atoms with van der Waals surface area (Å²) >= 11 is 0.352. The Morgan fingerprint density at radius 3 is 1.34 bits per heavy atom. The third-order valence-corrected chi connectivity index (χ3v) is 13.0. The molecular formula is C52H56F6N4O4S. The zero-order valence-electron chi connectivity index (χ0n) is 38.1. The molecule has 2 aliphatic rings. The number of carbonyl (C=O) groups excluding carboxylic acids is 4. The molecule has 0 aliphatic carbocycles. The first-order valence-electron chi connectivity index (χ1n) is 22.7. The monoisotopic (exact) mass is 946 g/mol. The maximum absolute atomic E-state index is 15.8. The fourth-order valence-electron chi connectivity index (χ4n) is 8.66. The summed E-state index contributed by atoms with van der Waals surface area (Å²) in [5.41, 5.74) is -1.24. The Balaban J connectivity index is 1.42. The van der Waals surface area contributed by atoms with Crippen LogP contribution in [0.2, 0.25) is 0 Å².